The van der Waals surface area contributed by atoms with E-state index in [0.29, 0.717) is 13.1 Å². The number of nitrogens with one attached hydrogen (secondary N) is 2. The summed E-state index contributed by atoms with van der Waals surface area (Å²) in [4.78, 5) is 11.0. The van der Waals surface area contributed by atoms with Crippen molar-refractivity contribution in [3.63, 3.8) is 0 Å². The summed E-state index contributed by atoms with van der Waals surface area (Å²) in [5.41, 5.74) is 0. The van der Waals surface area contributed by atoms with E-state index in [4.69, 9.17) is 0 Å². The van der Waals surface area contributed by atoms with Crippen molar-refractivity contribution in [1.82, 2.24) is 10.6 Å². The molecule has 2 N–H and O–H groups in total. The number of hydrogen-bond donors (Lipinski definition) is 2. The van der Waals surface area contributed by atoms with E-state index in [1.165, 1.54) is 0 Å². The normalized spacial score (nSPS) is 13.8. The summed E-state index contributed by atoms with van der Waals surface area (Å²) in [5, 5.41) is 4.71. The summed E-state index contributed by atoms with van der Waals surface area (Å²) in [5.74, 6) is -1.03. The number of carbonyl (C=O) groups excluding carboxylic acids is 1. The van der Waals surface area contributed by atoms with Gasteiger partial charge in [0.25, 0.3) is 0 Å². The third kappa shape index (κ3) is 6.71. The molecule has 1 amide bonds. The van der Waals surface area contributed by atoms with E-state index in [-0.39, 0.29) is 0 Å². The first-order valence-electron chi connectivity index (χ1n) is 4.42. The van der Waals surface area contributed by atoms with E-state index in [2.05, 4.69) is 5.32 Å². The summed E-state index contributed by atoms with van der Waals surface area (Å²) in [6, 6.07) is 0. The third-order valence-electron chi connectivity index (χ3n) is 1.61. The molecule has 0 aromatic rings. The van der Waals surface area contributed by atoms with E-state index < -0.39 is 24.5 Å². The van der Waals surface area contributed by atoms with Crippen LogP contribution in [0.1, 0.15) is 13.8 Å². The summed E-state index contributed by atoms with van der Waals surface area (Å²) >= 11 is 0. The summed E-state index contributed by atoms with van der Waals surface area (Å²) in [6.45, 7) is 3.26. The Morgan fingerprint density at radius 3 is 2.43 bits per heavy atom. The first-order chi connectivity index (χ1) is 6.37. The molecule has 0 spiro atoms. The summed E-state index contributed by atoms with van der Waals surface area (Å²) < 4.78 is 35.1. The number of hydrogen-bond acceptors (Lipinski definition) is 2. The van der Waals surface area contributed by atoms with E-state index in [9.17, 15) is 18.0 Å². The quantitative estimate of drug-likeness (QED) is 0.711. The lowest BCUT2D eigenvalue weighted by Crippen LogP contribution is -2.39. The molecule has 0 fully saturated rings. The van der Waals surface area contributed by atoms with Gasteiger partial charge in [-0.05, 0) is 6.54 Å². The first kappa shape index (κ1) is 13.2. The maximum atomic E-state index is 11.7. The third-order valence-corrected chi connectivity index (χ3v) is 1.61. The highest BCUT2D eigenvalue weighted by atomic mass is 19.4. The highest BCUT2D eigenvalue weighted by Crippen LogP contribution is 2.12. The number of rotatable bonds is 5. The summed E-state index contributed by atoms with van der Waals surface area (Å²) in [6.07, 6.45) is -4.34. The van der Waals surface area contributed by atoms with Crippen molar-refractivity contribution in [1.29, 1.82) is 0 Å². The van der Waals surface area contributed by atoms with E-state index in [0.717, 1.165) is 0 Å². The van der Waals surface area contributed by atoms with Crippen LogP contribution in [-0.4, -0.2) is 31.7 Å². The zero-order chi connectivity index (χ0) is 11.2. The molecule has 6 heteroatoms. The number of alkyl halides is 3. The van der Waals surface area contributed by atoms with Crippen LogP contribution in [0.4, 0.5) is 13.2 Å². The second kappa shape index (κ2) is 5.85. The van der Waals surface area contributed by atoms with Crippen molar-refractivity contribution < 1.29 is 18.0 Å². The monoisotopic (exact) mass is 212 g/mol. The molecule has 84 valence electrons. The zero-order valence-electron chi connectivity index (χ0n) is 8.24. The maximum Gasteiger partial charge on any atom is 0.405 e. The fraction of sp³-hybridized carbons (Fsp3) is 0.875. The molecule has 0 bridgehead atoms. The van der Waals surface area contributed by atoms with Crippen LogP contribution in [0.15, 0.2) is 0 Å². The highest BCUT2D eigenvalue weighted by Gasteiger charge is 2.28. The predicted molar refractivity (Wildman–Crippen MR) is 46.8 cm³/mol. The van der Waals surface area contributed by atoms with Crippen molar-refractivity contribution in [2.75, 3.05) is 19.6 Å². The minimum atomic E-state index is -4.34. The Bertz CT molecular complexity index is 182. The Morgan fingerprint density at radius 1 is 1.43 bits per heavy atom. The van der Waals surface area contributed by atoms with Crippen molar-refractivity contribution in [3.8, 4) is 0 Å². The van der Waals surface area contributed by atoms with Gasteiger partial charge in [-0.25, -0.2) is 0 Å². The van der Waals surface area contributed by atoms with Gasteiger partial charge in [-0.1, -0.05) is 13.8 Å². The fourth-order valence-corrected chi connectivity index (χ4v) is 0.815. The lowest BCUT2D eigenvalue weighted by molar-refractivity contribution is -0.140. The lowest BCUT2D eigenvalue weighted by atomic mass is 10.1. The molecule has 0 aromatic carbocycles. The van der Waals surface area contributed by atoms with Gasteiger partial charge in [0, 0.05) is 12.5 Å². The first-order valence-corrected chi connectivity index (χ1v) is 4.42. The van der Waals surface area contributed by atoms with Gasteiger partial charge in [0.2, 0.25) is 5.91 Å². The van der Waals surface area contributed by atoms with Gasteiger partial charge in [0.15, 0.2) is 0 Å². The van der Waals surface area contributed by atoms with Gasteiger partial charge in [-0.2, -0.15) is 13.2 Å². The number of halogens is 3. The van der Waals surface area contributed by atoms with Crippen LogP contribution in [-0.2, 0) is 4.79 Å². The van der Waals surface area contributed by atoms with E-state index >= 15 is 0 Å². The van der Waals surface area contributed by atoms with Gasteiger partial charge >= 0.3 is 6.18 Å². The molecular formula is C8H15F3N2O. The summed E-state index contributed by atoms with van der Waals surface area (Å²) in [7, 11) is 0. The Morgan fingerprint density at radius 2 is 2.00 bits per heavy atom. The smallest absolute Gasteiger partial charge is 0.347 e. The molecule has 0 rings (SSSR count). The fourth-order valence-electron chi connectivity index (χ4n) is 0.815. The van der Waals surface area contributed by atoms with Crippen molar-refractivity contribution in [2.24, 2.45) is 5.92 Å². The van der Waals surface area contributed by atoms with Gasteiger partial charge in [0.1, 0.15) is 6.54 Å². The Kier molecular flexibility index (Phi) is 5.52. The van der Waals surface area contributed by atoms with Gasteiger partial charge in [0.05, 0.1) is 0 Å². The SMILES string of the molecule is CCNCC(C)C(=O)NCC(F)(F)F. The molecule has 0 aliphatic heterocycles. The average molecular weight is 212 g/mol. The van der Waals surface area contributed by atoms with Crippen LogP contribution in [0.2, 0.25) is 0 Å². The number of amides is 1. The van der Waals surface area contributed by atoms with Crippen LogP contribution in [0, 0.1) is 5.92 Å². The molecule has 0 saturated carbocycles. The van der Waals surface area contributed by atoms with Crippen LogP contribution in [0.3, 0.4) is 0 Å². The minimum absolute atomic E-state index is 0.389. The Labute approximate surface area is 81.1 Å². The molecule has 0 heterocycles. The molecule has 14 heavy (non-hydrogen) atoms. The molecule has 0 aliphatic carbocycles. The molecule has 0 radical (unpaired) electrons. The zero-order valence-corrected chi connectivity index (χ0v) is 8.24. The Balaban J connectivity index is 3.73. The van der Waals surface area contributed by atoms with Crippen LogP contribution < -0.4 is 10.6 Å². The van der Waals surface area contributed by atoms with Crippen molar-refractivity contribution >= 4 is 5.91 Å². The van der Waals surface area contributed by atoms with Crippen LogP contribution in [0.5, 0.6) is 0 Å². The molecular weight excluding hydrogens is 197 g/mol. The highest BCUT2D eigenvalue weighted by molar-refractivity contribution is 5.78. The molecule has 0 aliphatic rings. The average Bonchev–Trinajstić information content (AvgIpc) is 2.09. The van der Waals surface area contributed by atoms with Gasteiger partial charge in [-0.15, -0.1) is 0 Å². The minimum Gasteiger partial charge on any atom is -0.347 e. The van der Waals surface area contributed by atoms with Crippen LogP contribution in [0.25, 0.3) is 0 Å². The van der Waals surface area contributed by atoms with Gasteiger partial charge < -0.3 is 10.6 Å². The lowest BCUT2D eigenvalue weighted by Gasteiger charge is -2.13. The predicted octanol–water partition coefficient (Wildman–Crippen LogP) is 0.910. The number of carbonyl (C=O) groups is 1. The largest absolute Gasteiger partial charge is 0.405 e. The van der Waals surface area contributed by atoms with Crippen LogP contribution >= 0.6 is 0 Å². The molecule has 0 aromatic heterocycles. The maximum absolute atomic E-state index is 11.7. The second-order valence-corrected chi connectivity index (χ2v) is 3.04. The topological polar surface area (TPSA) is 41.1 Å². The molecule has 1 atom stereocenters. The molecule has 1 unspecified atom stereocenters. The van der Waals surface area contributed by atoms with E-state index in [1.807, 2.05) is 12.2 Å². The van der Waals surface area contributed by atoms with Gasteiger partial charge in [-0.3, -0.25) is 4.79 Å². The van der Waals surface area contributed by atoms with Crippen molar-refractivity contribution in [2.45, 2.75) is 20.0 Å². The molecule has 3 nitrogen and oxygen atoms in total. The molecule has 0 saturated heterocycles. The van der Waals surface area contributed by atoms with E-state index in [1.54, 1.807) is 6.92 Å². The Hall–Kier alpha value is -0.780. The standard InChI is InChI=1S/C8H15F3N2O/c1-3-12-4-6(2)7(14)13-5-8(9,10)11/h6,12H,3-5H2,1-2H3,(H,13,14). The second-order valence-electron chi connectivity index (χ2n) is 3.04. The van der Waals surface area contributed by atoms with Crippen molar-refractivity contribution in [3.05, 3.63) is 0 Å².